The number of benzene rings is 1. The molecule has 0 aliphatic carbocycles. The zero-order valence-corrected chi connectivity index (χ0v) is 16.0. The van der Waals surface area contributed by atoms with Gasteiger partial charge in [-0.2, -0.15) is 0 Å². The highest BCUT2D eigenvalue weighted by Gasteiger charge is 2.51. The van der Waals surface area contributed by atoms with Crippen molar-refractivity contribution in [2.75, 3.05) is 32.8 Å². The summed E-state index contributed by atoms with van der Waals surface area (Å²) < 4.78 is 19.7. The first-order valence-corrected chi connectivity index (χ1v) is 9.98. The first-order valence-electron chi connectivity index (χ1n) is 9.98. The number of aromatic amines is 1. The predicted molar refractivity (Wildman–Crippen MR) is 103 cm³/mol. The van der Waals surface area contributed by atoms with Gasteiger partial charge in [-0.15, -0.1) is 0 Å². The van der Waals surface area contributed by atoms with Crippen LogP contribution in [-0.4, -0.2) is 59.7 Å². The van der Waals surface area contributed by atoms with Crippen molar-refractivity contribution < 1.29 is 13.9 Å². The number of aromatic nitrogens is 2. The predicted octanol–water partition coefficient (Wildman–Crippen LogP) is 1.93. The number of rotatable bonds is 7. The average Bonchev–Trinajstić information content (AvgIpc) is 3.20. The number of nitrogens with zero attached hydrogens (tertiary/aromatic N) is 2. The van der Waals surface area contributed by atoms with E-state index < -0.39 is 5.41 Å². The minimum absolute atomic E-state index is 0.00520. The molecule has 0 spiro atoms. The Hall–Kier alpha value is -2.25. The molecule has 1 aromatic carbocycles. The van der Waals surface area contributed by atoms with Gasteiger partial charge < -0.3 is 15.0 Å². The summed E-state index contributed by atoms with van der Waals surface area (Å²) in [5.41, 5.74) is 0.0271. The maximum atomic E-state index is 14.3. The van der Waals surface area contributed by atoms with Crippen LogP contribution in [0.3, 0.4) is 0 Å². The smallest absolute Gasteiger partial charge is 0.229 e. The van der Waals surface area contributed by atoms with Gasteiger partial charge in [-0.3, -0.25) is 9.69 Å². The maximum Gasteiger partial charge on any atom is 0.229 e. The molecule has 2 aliphatic rings. The van der Waals surface area contributed by atoms with Crippen molar-refractivity contribution in [2.45, 2.75) is 31.7 Å². The number of carbonyl (C=O) groups excluding carboxylic acids is 1. The molecule has 4 rings (SSSR count). The van der Waals surface area contributed by atoms with Gasteiger partial charge >= 0.3 is 0 Å². The molecule has 1 aromatic heterocycles. The number of halogens is 1. The molecule has 7 heteroatoms. The third-order valence-electron chi connectivity index (χ3n) is 5.89. The lowest BCUT2D eigenvalue weighted by Gasteiger charge is -2.53. The summed E-state index contributed by atoms with van der Waals surface area (Å²) in [5.74, 6) is 0.612. The third kappa shape index (κ3) is 4.10. The molecule has 2 aromatic rings. The summed E-state index contributed by atoms with van der Waals surface area (Å²) in [6.07, 6.45) is 6.54. The van der Waals surface area contributed by atoms with Crippen molar-refractivity contribution in [3.8, 4) is 0 Å². The molecule has 0 unspecified atom stereocenters. The van der Waals surface area contributed by atoms with Gasteiger partial charge in [0.2, 0.25) is 5.91 Å². The van der Waals surface area contributed by atoms with E-state index in [2.05, 4.69) is 20.2 Å². The molecule has 2 aliphatic heterocycles. The van der Waals surface area contributed by atoms with Crippen LogP contribution in [0.1, 0.15) is 24.2 Å². The van der Waals surface area contributed by atoms with Gasteiger partial charge in [-0.25, -0.2) is 9.37 Å². The number of hydrogen-bond acceptors (Lipinski definition) is 4. The molecular formula is C21H27FN4O2. The molecule has 0 atom stereocenters. The quantitative estimate of drug-likeness (QED) is 0.763. The Morgan fingerprint density at radius 3 is 2.82 bits per heavy atom. The van der Waals surface area contributed by atoms with Crippen LogP contribution in [0, 0.1) is 11.2 Å². The zero-order valence-electron chi connectivity index (χ0n) is 16.0. The molecule has 0 saturated carbocycles. The molecule has 2 N–H and O–H groups in total. The number of H-pyrrole nitrogens is 1. The highest BCUT2D eigenvalue weighted by Crippen LogP contribution is 2.38. The molecular weight excluding hydrogens is 359 g/mol. The molecule has 150 valence electrons. The summed E-state index contributed by atoms with van der Waals surface area (Å²) in [6, 6.07) is 7.22. The number of nitrogens with one attached hydrogen (secondary N) is 2. The Morgan fingerprint density at radius 1 is 1.32 bits per heavy atom. The van der Waals surface area contributed by atoms with E-state index in [-0.39, 0.29) is 11.7 Å². The first kappa shape index (κ1) is 19.1. The summed E-state index contributed by atoms with van der Waals surface area (Å²) in [7, 11) is 0. The number of ether oxygens (including phenoxy) is 1. The largest absolute Gasteiger partial charge is 0.381 e. The molecule has 3 heterocycles. The van der Waals surface area contributed by atoms with Gasteiger partial charge in [-0.05, 0) is 30.9 Å². The topological polar surface area (TPSA) is 70.2 Å². The lowest BCUT2D eigenvalue weighted by atomic mass is 9.72. The van der Waals surface area contributed by atoms with Crippen LogP contribution in [-0.2, 0) is 22.4 Å². The van der Waals surface area contributed by atoms with E-state index in [1.165, 1.54) is 6.07 Å². The summed E-state index contributed by atoms with van der Waals surface area (Å²) in [5, 5.41) is 3.05. The number of hydrogen-bond donors (Lipinski definition) is 2. The van der Waals surface area contributed by atoms with Crippen molar-refractivity contribution in [2.24, 2.45) is 5.41 Å². The van der Waals surface area contributed by atoms with E-state index in [4.69, 9.17) is 4.74 Å². The van der Waals surface area contributed by atoms with Gasteiger partial charge in [0.05, 0.1) is 5.41 Å². The summed E-state index contributed by atoms with van der Waals surface area (Å²) in [4.78, 5) is 22.7. The van der Waals surface area contributed by atoms with E-state index in [0.29, 0.717) is 44.1 Å². The second-order valence-electron chi connectivity index (χ2n) is 7.84. The Bertz CT molecular complexity index is 783. The van der Waals surface area contributed by atoms with E-state index in [0.717, 1.165) is 31.9 Å². The fourth-order valence-corrected chi connectivity index (χ4v) is 4.30. The van der Waals surface area contributed by atoms with Crippen molar-refractivity contribution in [3.63, 3.8) is 0 Å². The van der Waals surface area contributed by atoms with Gasteiger partial charge in [-0.1, -0.05) is 18.2 Å². The Morgan fingerprint density at radius 2 is 2.11 bits per heavy atom. The van der Waals surface area contributed by atoms with Crippen LogP contribution >= 0.6 is 0 Å². The minimum Gasteiger partial charge on any atom is -0.381 e. The maximum absolute atomic E-state index is 14.3. The Kier molecular flexibility index (Phi) is 5.73. The van der Waals surface area contributed by atoms with Crippen LogP contribution in [0.15, 0.2) is 36.7 Å². The Balaban J connectivity index is 1.42. The summed E-state index contributed by atoms with van der Waals surface area (Å²) >= 11 is 0. The zero-order chi connectivity index (χ0) is 19.4. The lowest BCUT2D eigenvalue weighted by molar-refractivity contribution is -0.146. The fraction of sp³-hybridized carbons (Fsp3) is 0.524. The fourth-order valence-electron chi connectivity index (χ4n) is 4.30. The monoisotopic (exact) mass is 386 g/mol. The van der Waals surface area contributed by atoms with E-state index >= 15 is 0 Å². The SMILES string of the molecule is O=C(NCCc1ncc[nH]1)C1(Cc2ccccc2F)CN(C2CCOCC2)C1. The standard InChI is InChI=1S/C21H27FN4O2/c22-18-4-2-1-3-16(18)13-21(14-26(15-21)17-6-11-28-12-7-17)20(27)25-8-5-19-23-9-10-24-19/h1-4,9-10,17H,5-8,11-15H2,(H,23,24)(H,25,27). The Labute approximate surface area is 164 Å². The van der Waals surface area contributed by atoms with E-state index in [1.54, 1.807) is 24.5 Å². The molecule has 0 radical (unpaired) electrons. The normalized spacial score (nSPS) is 19.9. The van der Waals surface area contributed by atoms with Crippen molar-refractivity contribution in [1.82, 2.24) is 20.2 Å². The van der Waals surface area contributed by atoms with Crippen molar-refractivity contribution in [3.05, 3.63) is 53.9 Å². The lowest BCUT2D eigenvalue weighted by Crippen LogP contribution is -2.67. The van der Waals surface area contributed by atoms with Crippen molar-refractivity contribution >= 4 is 5.91 Å². The summed E-state index contributed by atoms with van der Waals surface area (Å²) in [6.45, 7) is 3.40. The second kappa shape index (κ2) is 8.41. The molecule has 0 bridgehead atoms. The third-order valence-corrected chi connectivity index (χ3v) is 5.89. The van der Waals surface area contributed by atoms with Gasteiger partial charge in [0, 0.05) is 57.7 Å². The highest BCUT2D eigenvalue weighted by molar-refractivity contribution is 5.84. The van der Waals surface area contributed by atoms with Gasteiger partial charge in [0.15, 0.2) is 0 Å². The van der Waals surface area contributed by atoms with Crippen LogP contribution < -0.4 is 5.32 Å². The number of imidazole rings is 1. The molecule has 28 heavy (non-hydrogen) atoms. The van der Waals surface area contributed by atoms with E-state index in [1.807, 2.05) is 6.07 Å². The number of carbonyl (C=O) groups is 1. The molecule has 2 fully saturated rings. The average molecular weight is 386 g/mol. The van der Waals surface area contributed by atoms with Gasteiger partial charge in [0.25, 0.3) is 0 Å². The van der Waals surface area contributed by atoms with Gasteiger partial charge in [0.1, 0.15) is 11.6 Å². The number of likely N-dealkylation sites (tertiary alicyclic amines) is 1. The highest BCUT2D eigenvalue weighted by atomic mass is 19.1. The molecule has 2 saturated heterocycles. The first-order chi connectivity index (χ1) is 13.7. The second-order valence-corrected chi connectivity index (χ2v) is 7.84. The van der Waals surface area contributed by atoms with Crippen molar-refractivity contribution in [1.29, 1.82) is 0 Å². The minimum atomic E-state index is -0.580. The van der Waals surface area contributed by atoms with Crippen LogP contribution in [0.2, 0.25) is 0 Å². The molecule has 1 amide bonds. The van der Waals surface area contributed by atoms with Crippen LogP contribution in [0.25, 0.3) is 0 Å². The number of amides is 1. The van der Waals surface area contributed by atoms with Crippen LogP contribution in [0.5, 0.6) is 0 Å². The van der Waals surface area contributed by atoms with E-state index in [9.17, 15) is 9.18 Å². The van der Waals surface area contributed by atoms with Crippen LogP contribution in [0.4, 0.5) is 4.39 Å². The molecule has 6 nitrogen and oxygen atoms in total.